The summed E-state index contributed by atoms with van der Waals surface area (Å²) in [4.78, 5) is 12.7. The summed E-state index contributed by atoms with van der Waals surface area (Å²) >= 11 is 3.48. The van der Waals surface area contributed by atoms with Crippen LogP contribution < -0.4 is 11.1 Å². The van der Waals surface area contributed by atoms with Crippen LogP contribution in [-0.2, 0) is 4.79 Å². The fraction of sp³-hybridized carbons (Fsp3) is 0.562. The van der Waals surface area contributed by atoms with Crippen LogP contribution in [0.5, 0.6) is 0 Å². The van der Waals surface area contributed by atoms with E-state index in [1.807, 2.05) is 26.0 Å². The Bertz CT molecular complexity index is 484. The van der Waals surface area contributed by atoms with Gasteiger partial charge < -0.3 is 11.1 Å². The van der Waals surface area contributed by atoms with Gasteiger partial charge in [-0.3, -0.25) is 4.79 Å². The Labute approximate surface area is 129 Å². The van der Waals surface area contributed by atoms with Crippen molar-refractivity contribution in [3.63, 3.8) is 0 Å². The molecule has 0 spiro atoms. The van der Waals surface area contributed by atoms with Crippen molar-refractivity contribution in [3.8, 4) is 0 Å². The SMILES string of the molecule is Cc1cc(Br)cc(C)c1NC(=O)C1(CN)CCCCC1. The molecule has 1 aromatic carbocycles. The molecule has 4 heteroatoms. The first-order valence-corrected chi connectivity index (χ1v) is 8.06. The van der Waals surface area contributed by atoms with Crippen LogP contribution in [-0.4, -0.2) is 12.5 Å². The van der Waals surface area contributed by atoms with Gasteiger partial charge >= 0.3 is 0 Å². The zero-order valence-corrected chi connectivity index (χ0v) is 13.8. The highest BCUT2D eigenvalue weighted by atomic mass is 79.9. The van der Waals surface area contributed by atoms with Crippen LogP contribution in [0.15, 0.2) is 16.6 Å². The largest absolute Gasteiger partial charge is 0.329 e. The average Bonchev–Trinajstić information content (AvgIpc) is 2.43. The van der Waals surface area contributed by atoms with Gasteiger partial charge in [0.15, 0.2) is 0 Å². The van der Waals surface area contributed by atoms with Crippen molar-refractivity contribution in [2.75, 3.05) is 11.9 Å². The van der Waals surface area contributed by atoms with Crippen molar-refractivity contribution in [2.45, 2.75) is 46.0 Å². The number of nitrogens with two attached hydrogens (primary N) is 1. The highest BCUT2D eigenvalue weighted by Gasteiger charge is 2.38. The second kappa shape index (κ2) is 6.27. The topological polar surface area (TPSA) is 55.1 Å². The van der Waals surface area contributed by atoms with E-state index in [9.17, 15) is 4.79 Å². The van der Waals surface area contributed by atoms with Crippen LogP contribution in [0.2, 0.25) is 0 Å². The first-order chi connectivity index (χ1) is 9.48. The van der Waals surface area contributed by atoms with Gasteiger partial charge in [0.25, 0.3) is 0 Å². The van der Waals surface area contributed by atoms with Crippen molar-refractivity contribution in [2.24, 2.45) is 11.1 Å². The lowest BCUT2D eigenvalue weighted by Gasteiger charge is -2.35. The standard InChI is InChI=1S/C16H23BrN2O/c1-11-8-13(17)9-12(2)14(11)19-15(20)16(10-18)6-4-3-5-7-16/h8-9H,3-7,10,18H2,1-2H3,(H,19,20). The van der Waals surface area contributed by atoms with Gasteiger partial charge in [0.1, 0.15) is 0 Å². The maximum absolute atomic E-state index is 12.7. The number of halogens is 1. The van der Waals surface area contributed by atoms with Gasteiger partial charge in [0, 0.05) is 16.7 Å². The molecule has 0 atom stereocenters. The normalized spacial score (nSPS) is 17.8. The smallest absolute Gasteiger partial charge is 0.231 e. The van der Waals surface area contributed by atoms with Crippen LogP contribution >= 0.6 is 15.9 Å². The van der Waals surface area contributed by atoms with Gasteiger partial charge in [-0.1, -0.05) is 35.2 Å². The van der Waals surface area contributed by atoms with Crippen molar-refractivity contribution < 1.29 is 4.79 Å². The molecule has 0 unspecified atom stereocenters. The molecule has 0 heterocycles. The van der Waals surface area contributed by atoms with E-state index in [-0.39, 0.29) is 11.3 Å². The Morgan fingerprint density at radius 3 is 2.30 bits per heavy atom. The Hall–Kier alpha value is -0.870. The summed E-state index contributed by atoms with van der Waals surface area (Å²) in [6.07, 6.45) is 5.23. The number of aryl methyl sites for hydroxylation is 2. The molecule has 1 aliphatic carbocycles. The van der Waals surface area contributed by atoms with Crippen molar-refractivity contribution in [3.05, 3.63) is 27.7 Å². The van der Waals surface area contributed by atoms with E-state index in [0.717, 1.165) is 47.0 Å². The molecule has 3 N–H and O–H groups in total. The summed E-state index contributed by atoms with van der Waals surface area (Å²) in [6.45, 7) is 4.47. The fourth-order valence-electron chi connectivity index (χ4n) is 3.11. The second-order valence-electron chi connectivity index (χ2n) is 5.91. The third-order valence-electron chi connectivity index (χ3n) is 4.42. The van der Waals surface area contributed by atoms with Gasteiger partial charge in [-0.15, -0.1) is 0 Å². The van der Waals surface area contributed by atoms with Crippen molar-refractivity contribution >= 4 is 27.5 Å². The summed E-state index contributed by atoms with van der Waals surface area (Å²) in [5.74, 6) is 0.0909. The Kier molecular flexibility index (Phi) is 4.86. The van der Waals surface area contributed by atoms with Gasteiger partial charge in [0.05, 0.1) is 5.41 Å². The summed E-state index contributed by atoms with van der Waals surface area (Å²) in [5, 5.41) is 3.13. The number of benzene rings is 1. The molecule has 0 radical (unpaired) electrons. The number of hydrogen-bond donors (Lipinski definition) is 2. The lowest BCUT2D eigenvalue weighted by molar-refractivity contribution is -0.126. The Morgan fingerprint density at radius 1 is 1.25 bits per heavy atom. The Morgan fingerprint density at radius 2 is 1.80 bits per heavy atom. The predicted molar refractivity (Wildman–Crippen MR) is 86.8 cm³/mol. The molecule has 0 aliphatic heterocycles. The molecule has 0 bridgehead atoms. The molecule has 110 valence electrons. The zero-order valence-electron chi connectivity index (χ0n) is 12.3. The first-order valence-electron chi connectivity index (χ1n) is 7.27. The van der Waals surface area contributed by atoms with E-state index in [1.54, 1.807) is 0 Å². The molecule has 1 aliphatic rings. The number of nitrogens with one attached hydrogen (secondary N) is 1. The summed E-state index contributed by atoms with van der Waals surface area (Å²) < 4.78 is 1.04. The van der Waals surface area contributed by atoms with E-state index < -0.39 is 0 Å². The highest BCUT2D eigenvalue weighted by molar-refractivity contribution is 9.10. The van der Waals surface area contributed by atoms with Crippen LogP contribution in [0.3, 0.4) is 0 Å². The average molecular weight is 339 g/mol. The molecule has 20 heavy (non-hydrogen) atoms. The molecular formula is C16H23BrN2O. The number of carbonyl (C=O) groups is 1. The van der Waals surface area contributed by atoms with E-state index in [4.69, 9.17) is 5.73 Å². The van der Waals surface area contributed by atoms with Gasteiger partial charge in [-0.05, 0) is 49.9 Å². The van der Waals surface area contributed by atoms with Crippen molar-refractivity contribution in [1.82, 2.24) is 0 Å². The van der Waals surface area contributed by atoms with Gasteiger partial charge in [-0.25, -0.2) is 0 Å². The van der Waals surface area contributed by atoms with Gasteiger partial charge in [0.2, 0.25) is 5.91 Å². The molecule has 0 aromatic heterocycles. The summed E-state index contributed by atoms with van der Waals surface area (Å²) in [7, 11) is 0. The third-order valence-corrected chi connectivity index (χ3v) is 4.88. The molecule has 1 saturated carbocycles. The molecule has 1 fully saturated rings. The monoisotopic (exact) mass is 338 g/mol. The lowest BCUT2D eigenvalue weighted by Crippen LogP contribution is -2.44. The summed E-state index contributed by atoms with van der Waals surface area (Å²) in [5.41, 5.74) is 8.64. The van der Waals surface area contributed by atoms with E-state index in [2.05, 4.69) is 21.2 Å². The minimum Gasteiger partial charge on any atom is -0.329 e. The maximum Gasteiger partial charge on any atom is 0.231 e. The first kappa shape index (κ1) is 15.5. The predicted octanol–water partition coefficient (Wildman–Crippen LogP) is 3.91. The Balaban J connectivity index is 2.23. The van der Waals surface area contributed by atoms with E-state index in [0.29, 0.717) is 6.54 Å². The van der Waals surface area contributed by atoms with Crippen molar-refractivity contribution in [1.29, 1.82) is 0 Å². The minimum atomic E-state index is -0.371. The molecule has 2 rings (SSSR count). The number of hydrogen-bond acceptors (Lipinski definition) is 2. The summed E-state index contributed by atoms with van der Waals surface area (Å²) in [6, 6.07) is 4.05. The molecular weight excluding hydrogens is 316 g/mol. The van der Waals surface area contributed by atoms with Crippen LogP contribution in [0.4, 0.5) is 5.69 Å². The van der Waals surface area contributed by atoms with E-state index >= 15 is 0 Å². The second-order valence-corrected chi connectivity index (χ2v) is 6.83. The van der Waals surface area contributed by atoms with Crippen LogP contribution in [0.1, 0.15) is 43.2 Å². The lowest BCUT2D eigenvalue weighted by atomic mass is 9.73. The van der Waals surface area contributed by atoms with E-state index in [1.165, 1.54) is 6.42 Å². The van der Waals surface area contributed by atoms with Crippen LogP contribution in [0.25, 0.3) is 0 Å². The van der Waals surface area contributed by atoms with Crippen LogP contribution in [0, 0.1) is 19.3 Å². The number of anilines is 1. The minimum absolute atomic E-state index is 0.0909. The molecule has 3 nitrogen and oxygen atoms in total. The zero-order chi connectivity index (χ0) is 14.8. The number of amides is 1. The third kappa shape index (κ3) is 3.07. The van der Waals surface area contributed by atoms with Gasteiger partial charge in [-0.2, -0.15) is 0 Å². The quantitative estimate of drug-likeness (QED) is 0.877. The fourth-order valence-corrected chi connectivity index (χ4v) is 3.79. The maximum atomic E-state index is 12.7. The molecule has 1 aromatic rings. The number of rotatable bonds is 3. The highest BCUT2D eigenvalue weighted by Crippen LogP contribution is 2.37. The number of carbonyl (C=O) groups excluding carboxylic acids is 1. The molecule has 0 saturated heterocycles. The molecule has 1 amide bonds.